The molecule has 0 amide bonds. The maximum Gasteiger partial charge on any atom is 0.173 e. The molecule has 0 atom stereocenters. The summed E-state index contributed by atoms with van der Waals surface area (Å²) in [5, 5.41) is 11.4. The van der Waals surface area contributed by atoms with Crippen LogP contribution in [-0.2, 0) is 5.75 Å². The van der Waals surface area contributed by atoms with E-state index in [4.69, 9.17) is 10.9 Å². The van der Waals surface area contributed by atoms with Crippen LogP contribution < -0.4 is 5.73 Å². The van der Waals surface area contributed by atoms with Crippen molar-refractivity contribution in [3.63, 3.8) is 0 Å². The number of nitrogens with zero attached hydrogens (tertiary/aromatic N) is 1. The van der Waals surface area contributed by atoms with Gasteiger partial charge in [-0.1, -0.05) is 29.4 Å². The molecule has 0 bridgehead atoms. The topological polar surface area (TPSA) is 58.6 Å². The van der Waals surface area contributed by atoms with E-state index in [1.165, 1.54) is 23.9 Å². The number of hydrogen-bond donors (Lipinski definition) is 2. The smallest absolute Gasteiger partial charge is 0.173 e. The molecule has 0 aliphatic rings. The lowest BCUT2D eigenvalue weighted by molar-refractivity contribution is 0.318. The number of benzene rings is 2. The summed E-state index contributed by atoms with van der Waals surface area (Å²) in [6, 6.07) is 10.9. The van der Waals surface area contributed by atoms with Crippen molar-refractivity contribution in [2.75, 3.05) is 0 Å². The second-order valence-corrected chi connectivity index (χ2v) is 5.00. The zero-order chi connectivity index (χ0) is 14.5. The molecule has 0 fully saturated rings. The SMILES string of the molecule is N/C(=N/O)c1cccc(CSc2ccccc2F)c1F. The van der Waals surface area contributed by atoms with Crippen LogP contribution in [0.1, 0.15) is 11.1 Å². The van der Waals surface area contributed by atoms with Gasteiger partial charge in [-0.2, -0.15) is 0 Å². The molecule has 0 aliphatic heterocycles. The highest BCUT2D eigenvalue weighted by Crippen LogP contribution is 2.27. The van der Waals surface area contributed by atoms with Crippen LogP contribution in [-0.4, -0.2) is 11.0 Å². The van der Waals surface area contributed by atoms with Gasteiger partial charge in [-0.05, 0) is 23.8 Å². The molecule has 0 radical (unpaired) electrons. The predicted molar refractivity (Wildman–Crippen MR) is 74.9 cm³/mol. The maximum atomic E-state index is 14.1. The summed E-state index contributed by atoms with van der Waals surface area (Å²) in [4.78, 5) is 0.445. The molecule has 0 unspecified atom stereocenters. The second kappa shape index (κ2) is 6.38. The summed E-state index contributed by atoms with van der Waals surface area (Å²) in [6.07, 6.45) is 0. The molecular weight excluding hydrogens is 282 g/mol. The summed E-state index contributed by atoms with van der Waals surface area (Å²) in [5.74, 6) is -0.948. The van der Waals surface area contributed by atoms with Crippen LogP contribution in [0.15, 0.2) is 52.5 Å². The third-order valence-corrected chi connectivity index (χ3v) is 3.78. The number of hydrogen-bond acceptors (Lipinski definition) is 3. The fourth-order valence-corrected chi connectivity index (χ4v) is 2.57. The largest absolute Gasteiger partial charge is 0.409 e. The first-order valence-electron chi connectivity index (χ1n) is 5.76. The van der Waals surface area contributed by atoms with Gasteiger partial charge in [-0.3, -0.25) is 0 Å². The summed E-state index contributed by atoms with van der Waals surface area (Å²) < 4.78 is 27.6. The van der Waals surface area contributed by atoms with Crippen molar-refractivity contribution in [1.29, 1.82) is 0 Å². The minimum absolute atomic E-state index is 0.0270. The first-order valence-corrected chi connectivity index (χ1v) is 6.74. The van der Waals surface area contributed by atoms with Crippen LogP contribution >= 0.6 is 11.8 Å². The summed E-state index contributed by atoms with van der Waals surface area (Å²) in [6.45, 7) is 0. The van der Waals surface area contributed by atoms with Gasteiger partial charge >= 0.3 is 0 Å². The monoisotopic (exact) mass is 294 g/mol. The van der Waals surface area contributed by atoms with E-state index in [1.54, 1.807) is 30.3 Å². The molecule has 0 spiro atoms. The molecular formula is C14H12F2N2OS. The van der Waals surface area contributed by atoms with Gasteiger partial charge in [0.05, 0.1) is 5.56 Å². The van der Waals surface area contributed by atoms with Crippen molar-refractivity contribution < 1.29 is 14.0 Å². The van der Waals surface area contributed by atoms with Gasteiger partial charge in [0.25, 0.3) is 0 Å². The molecule has 0 saturated carbocycles. The minimum atomic E-state index is -0.563. The molecule has 0 aromatic heterocycles. The van der Waals surface area contributed by atoms with Gasteiger partial charge in [0.1, 0.15) is 11.6 Å². The Hall–Kier alpha value is -2.08. The molecule has 2 aromatic rings. The Morgan fingerprint density at radius 3 is 2.60 bits per heavy atom. The number of thioether (sulfide) groups is 1. The molecule has 104 valence electrons. The Balaban J connectivity index is 2.21. The highest BCUT2D eigenvalue weighted by Gasteiger charge is 2.12. The van der Waals surface area contributed by atoms with Crippen LogP contribution in [0.25, 0.3) is 0 Å². The van der Waals surface area contributed by atoms with Gasteiger partial charge < -0.3 is 10.9 Å². The van der Waals surface area contributed by atoms with Crippen molar-refractivity contribution in [1.82, 2.24) is 0 Å². The van der Waals surface area contributed by atoms with Gasteiger partial charge in [-0.25, -0.2) is 8.78 Å². The van der Waals surface area contributed by atoms with Gasteiger partial charge in [0.15, 0.2) is 5.84 Å². The van der Waals surface area contributed by atoms with Crippen molar-refractivity contribution >= 4 is 17.6 Å². The van der Waals surface area contributed by atoms with Crippen molar-refractivity contribution in [2.24, 2.45) is 10.9 Å². The zero-order valence-electron chi connectivity index (χ0n) is 10.4. The van der Waals surface area contributed by atoms with Crippen LogP contribution in [0.3, 0.4) is 0 Å². The van der Waals surface area contributed by atoms with E-state index in [-0.39, 0.29) is 23.0 Å². The van der Waals surface area contributed by atoms with Crippen LogP contribution in [0, 0.1) is 11.6 Å². The Labute approximate surface area is 119 Å². The number of rotatable bonds is 4. The van der Waals surface area contributed by atoms with Crippen LogP contribution in [0.5, 0.6) is 0 Å². The lowest BCUT2D eigenvalue weighted by Crippen LogP contribution is -2.15. The van der Waals surface area contributed by atoms with Crippen LogP contribution in [0.2, 0.25) is 0 Å². The van der Waals surface area contributed by atoms with Crippen molar-refractivity contribution in [3.8, 4) is 0 Å². The zero-order valence-corrected chi connectivity index (χ0v) is 11.2. The molecule has 20 heavy (non-hydrogen) atoms. The maximum absolute atomic E-state index is 14.1. The molecule has 0 aliphatic carbocycles. The second-order valence-electron chi connectivity index (χ2n) is 3.98. The highest BCUT2D eigenvalue weighted by atomic mass is 32.2. The fourth-order valence-electron chi connectivity index (χ4n) is 1.66. The summed E-state index contributed by atoms with van der Waals surface area (Å²) >= 11 is 1.18. The average Bonchev–Trinajstić information content (AvgIpc) is 2.47. The standard InChI is InChI=1S/C14H12F2N2OS/c15-11-6-1-2-7-12(11)20-8-9-4-3-5-10(13(9)16)14(17)18-19/h1-7,19H,8H2,(H2,17,18). The normalized spacial score (nSPS) is 11.6. The number of nitrogens with two attached hydrogens (primary N) is 1. The van der Waals surface area contributed by atoms with Crippen molar-refractivity contribution in [2.45, 2.75) is 10.6 Å². The third-order valence-electron chi connectivity index (χ3n) is 2.68. The van der Waals surface area contributed by atoms with E-state index >= 15 is 0 Å². The van der Waals surface area contributed by atoms with E-state index in [0.29, 0.717) is 10.5 Å². The van der Waals surface area contributed by atoms with E-state index < -0.39 is 5.82 Å². The van der Waals surface area contributed by atoms with E-state index in [2.05, 4.69) is 5.16 Å². The predicted octanol–water partition coefficient (Wildman–Crippen LogP) is 3.35. The van der Waals surface area contributed by atoms with Gasteiger partial charge in [-0.15, -0.1) is 11.8 Å². The molecule has 3 N–H and O–H groups in total. The van der Waals surface area contributed by atoms with E-state index in [1.807, 2.05) is 0 Å². The molecule has 0 saturated heterocycles. The first-order chi connectivity index (χ1) is 9.63. The molecule has 0 heterocycles. The summed E-state index contributed by atoms with van der Waals surface area (Å²) in [5.41, 5.74) is 5.78. The molecule has 3 nitrogen and oxygen atoms in total. The summed E-state index contributed by atoms with van der Waals surface area (Å²) in [7, 11) is 0. The minimum Gasteiger partial charge on any atom is -0.409 e. The first kappa shape index (κ1) is 14.3. The Morgan fingerprint density at radius 2 is 1.90 bits per heavy atom. The van der Waals surface area contributed by atoms with Gasteiger partial charge in [0.2, 0.25) is 0 Å². The van der Waals surface area contributed by atoms with Crippen LogP contribution in [0.4, 0.5) is 8.78 Å². The van der Waals surface area contributed by atoms with E-state index in [0.717, 1.165) is 0 Å². The Morgan fingerprint density at radius 1 is 1.15 bits per heavy atom. The number of halogens is 2. The lowest BCUT2D eigenvalue weighted by atomic mass is 10.1. The fraction of sp³-hybridized carbons (Fsp3) is 0.0714. The average molecular weight is 294 g/mol. The quantitative estimate of drug-likeness (QED) is 0.299. The molecule has 6 heteroatoms. The van der Waals surface area contributed by atoms with Crippen molar-refractivity contribution in [3.05, 3.63) is 65.2 Å². The molecule has 2 rings (SSSR count). The number of amidine groups is 1. The Bertz CT molecular complexity index is 647. The van der Waals surface area contributed by atoms with E-state index in [9.17, 15) is 8.78 Å². The third kappa shape index (κ3) is 3.08. The highest BCUT2D eigenvalue weighted by molar-refractivity contribution is 7.98. The number of oxime groups is 1. The lowest BCUT2D eigenvalue weighted by Gasteiger charge is -2.07. The molecule has 2 aromatic carbocycles. The van der Waals surface area contributed by atoms with Gasteiger partial charge in [0, 0.05) is 10.6 Å². The Kier molecular flexibility index (Phi) is 4.57.